The number of Topliss-reactive ketones (excluding diaryl/α,β-unsaturated/α-hetero) is 1. The van der Waals surface area contributed by atoms with Gasteiger partial charge in [-0.1, -0.05) is 68.6 Å². The number of hydrogen-bond donors (Lipinski definition) is 0. The minimum Gasteiger partial charge on any atom is -0.293 e. The number of carbonyl (C=O) groups excluding carboxylic acids is 1. The second-order valence-corrected chi connectivity index (χ2v) is 6.64. The molecule has 0 radical (unpaired) electrons. The number of rotatable bonds is 6. The van der Waals surface area contributed by atoms with Crippen molar-refractivity contribution in [2.45, 2.75) is 52.4 Å². The summed E-state index contributed by atoms with van der Waals surface area (Å²) in [6.45, 7) is 6.44. The highest BCUT2D eigenvalue weighted by Crippen LogP contribution is 2.43. The predicted octanol–water partition coefficient (Wildman–Crippen LogP) is 5.70. The summed E-state index contributed by atoms with van der Waals surface area (Å²) in [5.41, 5.74) is 2.42. The Kier molecular flexibility index (Phi) is 5.64. The molecule has 0 heterocycles. The third kappa shape index (κ3) is 3.58. The molecule has 1 aromatic rings. The molecule has 1 aliphatic carbocycles. The standard InChI is InChI=1S/C19H25ClO/c1-4-5-11-16-14(3)18(20)19(21)17(16)12-13(2)15-9-7-6-8-10-15/h6-10,13,16-17H,4-5,11-12H2,1-3H3/t13?,16-,17+/m0/s1. The molecule has 0 saturated heterocycles. The van der Waals surface area contributed by atoms with Gasteiger partial charge in [-0.05, 0) is 42.7 Å². The van der Waals surface area contributed by atoms with Crippen LogP contribution in [0.25, 0.3) is 0 Å². The van der Waals surface area contributed by atoms with Crippen LogP contribution >= 0.6 is 11.6 Å². The summed E-state index contributed by atoms with van der Waals surface area (Å²) in [7, 11) is 0. The van der Waals surface area contributed by atoms with Crippen molar-refractivity contribution in [3.05, 3.63) is 46.5 Å². The Morgan fingerprint density at radius 2 is 1.86 bits per heavy atom. The van der Waals surface area contributed by atoms with Crippen LogP contribution in [-0.2, 0) is 4.79 Å². The maximum Gasteiger partial charge on any atom is 0.177 e. The first-order valence-electron chi connectivity index (χ1n) is 8.01. The molecule has 0 N–H and O–H groups in total. The Hall–Kier alpha value is -1.08. The first-order chi connectivity index (χ1) is 10.1. The number of carbonyl (C=O) groups is 1. The summed E-state index contributed by atoms with van der Waals surface area (Å²) in [6, 6.07) is 10.4. The van der Waals surface area contributed by atoms with Crippen LogP contribution in [0.4, 0.5) is 0 Å². The van der Waals surface area contributed by atoms with Crippen molar-refractivity contribution in [3.8, 4) is 0 Å². The topological polar surface area (TPSA) is 17.1 Å². The van der Waals surface area contributed by atoms with Gasteiger partial charge in [0.2, 0.25) is 0 Å². The monoisotopic (exact) mass is 304 g/mol. The van der Waals surface area contributed by atoms with E-state index in [1.165, 1.54) is 5.56 Å². The molecular formula is C19H25ClO. The lowest BCUT2D eigenvalue weighted by atomic mass is 9.80. The molecule has 114 valence electrons. The Morgan fingerprint density at radius 3 is 2.48 bits per heavy atom. The first-order valence-corrected chi connectivity index (χ1v) is 8.39. The Morgan fingerprint density at radius 1 is 1.19 bits per heavy atom. The lowest BCUT2D eigenvalue weighted by Crippen LogP contribution is -2.20. The lowest BCUT2D eigenvalue weighted by Gasteiger charge is -2.23. The summed E-state index contributed by atoms with van der Waals surface area (Å²) in [5, 5.41) is 0.501. The molecule has 3 atom stereocenters. The van der Waals surface area contributed by atoms with Crippen molar-refractivity contribution in [3.63, 3.8) is 0 Å². The van der Waals surface area contributed by atoms with Gasteiger partial charge in [-0.15, -0.1) is 0 Å². The van der Waals surface area contributed by atoms with E-state index in [2.05, 4.69) is 38.1 Å². The van der Waals surface area contributed by atoms with Gasteiger partial charge in [0.05, 0.1) is 5.03 Å². The molecule has 0 amide bonds. The average molecular weight is 305 g/mol. The highest BCUT2D eigenvalue weighted by molar-refractivity contribution is 6.44. The maximum atomic E-state index is 12.5. The largest absolute Gasteiger partial charge is 0.293 e. The molecule has 0 saturated carbocycles. The molecule has 0 spiro atoms. The van der Waals surface area contributed by atoms with E-state index in [1.807, 2.05) is 13.0 Å². The van der Waals surface area contributed by atoms with Crippen LogP contribution in [0.1, 0.15) is 57.9 Å². The summed E-state index contributed by atoms with van der Waals surface area (Å²) in [5.74, 6) is 0.966. The molecule has 2 heteroatoms. The molecule has 2 rings (SSSR count). The van der Waals surface area contributed by atoms with Gasteiger partial charge in [0.25, 0.3) is 0 Å². The van der Waals surface area contributed by atoms with Gasteiger partial charge in [-0.3, -0.25) is 4.79 Å². The molecule has 0 fully saturated rings. The molecule has 0 aromatic heterocycles. The summed E-state index contributed by atoms with van der Waals surface area (Å²) in [4.78, 5) is 12.5. The van der Waals surface area contributed by atoms with Gasteiger partial charge in [-0.2, -0.15) is 0 Å². The third-order valence-corrected chi connectivity index (χ3v) is 5.27. The highest BCUT2D eigenvalue weighted by Gasteiger charge is 2.39. The molecule has 1 aromatic carbocycles. The molecule has 1 unspecified atom stereocenters. The maximum absolute atomic E-state index is 12.5. The molecule has 1 nitrogen and oxygen atoms in total. The normalized spacial score (nSPS) is 23.7. The molecule has 0 bridgehead atoms. The van der Waals surface area contributed by atoms with Crippen LogP contribution in [0.15, 0.2) is 40.9 Å². The fourth-order valence-electron chi connectivity index (χ4n) is 3.42. The number of ketones is 1. The van der Waals surface area contributed by atoms with Crippen molar-refractivity contribution in [2.24, 2.45) is 11.8 Å². The van der Waals surface area contributed by atoms with Crippen molar-refractivity contribution < 1.29 is 4.79 Å². The second-order valence-electron chi connectivity index (χ2n) is 6.26. The van der Waals surface area contributed by atoms with E-state index in [9.17, 15) is 4.79 Å². The van der Waals surface area contributed by atoms with E-state index in [0.29, 0.717) is 16.9 Å². The van der Waals surface area contributed by atoms with Crippen LogP contribution in [0.2, 0.25) is 0 Å². The van der Waals surface area contributed by atoms with E-state index in [1.54, 1.807) is 0 Å². The lowest BCUT2D eigenvalue weighted by molar-refractivity contribution is -0.119. The number of unbranched alkanes of at least 4 members (excludes halogenated alkanes) is 1. The van der Waals surface area contributed by atoms with Crippen molar-refractivity contribution in [1.82, 2.24) is 0 Å². The fourth-order valence-corrected chi connectivity index (χ4v) is 3.70. The summed E-state index contributed by atoms with van der Waals surface area (Å²) >= 11 is 6.24. The number of benzene rings is 1. The van der Waals surface area contributed by atoms with Crippen molar-refractivity contribution in [1.29, 1.82) is 0 Å². The zero-order valence-electron chi connectivity index (χ0n) is 13.2. The smallest absolute Gasteiger partial charge is 0.177 e. The van der Waals surface area contributed by atoms with Crippen LogP contribution in [0.3, 0.4) is 0 Å². The Balaban J connectivity index is 2.12. The van der Waals surface area contributed by atoms with E-state index >= 15 is 0 Å². The van der Waals surface area contributed by atoms with Crippen LogP contribution < -0.4 is 0 Å². The van der Waals surface area contributed by atoms with Crippen molar-refractivity contribution in [2.75, 3.05) is 0 Å². The second kappa shape index (κ2) is 7.26. The minimum absolute atomic E-state index is 0.0688. The zero-order chi connectivity index (χ0) is 15.4. The average Bonchev–Trinajstić information content (AvgIpc) is 2.71. The molecule has 21 heavy (non-hydrogen) atoms. The Bertz CT molecular complexity index is 518. The molecule has 1 aliphatic rings. The van der Waals surface area contributed by atoms with Crippen LogP contribution in [0.5, 0.6) is 0 Å². The van der Waals surface area contributed by atoms with Crippen LogP contribution in [-0.4, -0.2) is 5.78 Å². The molecule has 0 aliphatic heterocycles. The number of halogens is 1. The number of hydrogen-bond acceptors (Lipinski definition) is 1. The SMILES string of the molecule is CCCC[C@H]1C(C)=C(Cl)C(=O)[C@@H]1CC(C)c1ccccc1. The summed E-state index contributed by atoms with van der Waals surface area (Å²) < 4.78 is 0. The van der Waals surface area contributed by atoms with E-state index < -0.39 is 0 Å². The van der Waals surface area contributed by atoms with Gasteiger partial charge in [-0.25, -0.2) is 0 Å². The van der Waals surface area contributed by atoms with Crippen molar-refractivity contribution >= 4 is 17.4 Å². The fraction of sp³-hybridized carbons (Fsp3) is 0.526. The first kappa shape index (κ1) is 16.3. The zero-order valence-corrected chi connectivity index (χ0v) is 14.0. The van der Waals surface area contributed by atoms with E-state index in [0.717, 1.165) is 31.3 Å². The summed E-state index contributed by atoms with van der Waals surface area (Å²) in [6.07, 6.45) is 4.30. The van der Waals surface area contributed by atoms with Crippen LogP contribution in [0, 0.1) is 11.8 Å². The third-order valence-electron chi connectivity index (χ3n) is 4.79. The van der Waals surface area contributed by atoms with E-state index in [-0.39, 0.29) is 11.7 Å². The van der Waals surface area contributed by atoms with Gasteiger partial charge < -0.3 is 0 Å². The quantitative estimate of drug-likeness (QED) is 0.659. The van der Waals surface area contributed by atoms with E-state index in [4.69, 9.17) is 11.6 Å². The predicted molar refractivity (Wildman–Crippen MR) is 89.5 cm³/mol. The van der Waals surface area contributed by atoms with Gasteiger partial charge in [0.1, 0.15) is 0 Å². The van der Waals surface area contributed by atoms with Gasteiger partial charge >= 0.3 is 0 Å². The minimum atomic E-state index is 0.0688. The Labute approximate surface area is 133 Å². The number of allylic oxidation sites excluding steroid dienone is 2. The van der Waals surface area contributed by atoms with Gasteiger partial charge in [0, 0.05) is 5.92 Å². The van der Waals surface area contributed by atoms with Gasteiger partial charge in [0.15, 0.2) is 5.78 Å². The molecular weight excluding hydrogens is 280 g/mol. The highest BCUT2D eigenvalue weighted by atomic mass is 35.5.